The lowest BCUT2D eigenvalue weighted by atomic mass is 10.0. The lowest BCUT2D eigenvalue weighted by Crippen LogP contribution is -2.10. The van der Waals surface area contributed by atoms with Crippen LogP contribution in [-0.2, 0) is 11.2 Å². The molecule has 98 valence electrons. The van der Waals surface area contributed by atoms with E-state index >= 15 is 0 Å². The minimum atomic E-state index is 0.0461. The highest BCUT2D eigenvalue weighted by atomic mass is 16.5. The summed E-state index contributed by atoms with van der Waals surface area (Å²) in [6.45, 7) is 3.84. The molecule has 0 saturated carbocycles. The molecule has 19 heavy (non-hydrogen) atoms. The molecule has 0 aromatic heterocycles. The molecule has 0 aliphatic carbocycles. The van der Waals surface area contributed by atoms with Crippen molar-refractivity contribution in [1.82, 2.24) is 0 Å². The molecule has 0 radical (unpaired) electrons. The van der Waals surface area contributed by atoms with Crippen LogP contribution in [-0.4, -0.2) is 5.78 Å². The summed E-state index contributed by atoms with van der Waals surface area (Å²) in [6, 6.07) is 17.3. The number of benzene rings is 2. The van der Waals surface area contributed by atoms with Gasteiger partial charge in [-0.1, -0.05) is 50.2 Å². The Labute approximate surface area is 114 Å². The van der Waals surface area contributed by atoms with Crippen molar-refractivity contribution in [3.05, 3.63) is 60.2 Å². The van der Waals surface area contributed by atoms with Crippen molar-refractivity contribution in [3.8, 4) is 11.5 Å². The fourth-order valence-corrected chi connectivity index (χ4v) is 1.76. The summed E-state index contributed by atoms with van der Waals surface area (Å²) < 4.78 is 5.84. The molecule has 0 N–H and O–H groups in total. The molecule has 0 bridgehead atoms. The summed E-state index contributed by atoms with van der Waals surface area (Å²) in [6.07, 6.45) is 0.417. The first kappa shape index (κ1) is 13.3. The van der Waals surface area contributed by atoms with Gasteiger partial charge in [0.25, 0.3) is 0 Å². The molecule has 0 spiro atoms. The number of carbonyl (C=O) groups excluding carboxylic acids is 1. The summed E-state index contributed by atoms with van der Waals surface area (Å²) in [4.78, 5) is 11.9. The average Bonchev–Trinajstić information content (AvgIpc) is 2.42. The molecule has 0 aliphatic rings. The molecule has 0 heterocycles. The number of Topliss-reactive ketones (excluding diaryl/α,β-unsaturated/α-hetero) is 1. The second-order valence-electron chi connectivity index (χ2n) is 4.82. The molecule has 2 heteroatoms. The van der Waals surface area contributed by atoms with Crippen LogP contribution in [0.4, 0.5) is 0 Å². The van der Waals surface area contributed by atoms with Gasteiger partial charge in [-0.2, -0.15) is 0 Å². The van der Waals surface area contributed by atoms with E-state index in [1.807, 2.05) is 68.4 Å². The molecule has 2 aromatic carbocycles. The highest BCUT2D eigenvalue weighted by Gasteiger charge is 2.12. The quantitative estimate of drug-likeness (QED) is 0.797. The smallest absolute Gasteiger partial charge is 0.139 e. The van der Waals surface area contributed by atoms with Crippen LogP contribution >= 0.6 is 0 Å². The third-order valence-electron chi connectivity index (χ3n) is 2.95. The number of carbonyl (C=O) groups is 1. The van der Waals surface area contributed by atoms with E-state index in [-0.39, 0.29) is 11.7 Å². The van der Waals surface area contributed by atoms with E-state index in [9.17, 15) is 4.79 Å². The lowest BCUT2D eigenvalue weighted by molar-refractivity contribution is -0.121. The Kier molecular flexibility index (Phi) is 4.35. The monoisotopic (exact) mass is 254 g/mol. The fraction of sp³-hybridized carbons (Fsp3) is 0.235. The summed E-state index contributed by atoms with van der Waals surface area (Å²) in [5, 5.41) is 0. The zero-order valence-electron chi connectivity index (χ0n) is 11.3. The Morgan fingerprint density at radius 1 is 1.00 bits per heavy atom. The van der Waals surface area contributed by atoms with Crippen molar-refractivity contribution in [3.63, 3.8) is 0 Å². The Bertz CT molecular complexity index is 544. The third-order valence-corrected chi connectivity index (χ3v) is 2.95. The normalized spacial score (nSPS) is 10.5. The predicted octanol–water partition coefficient (Wildman–Crippen LogP) is 4.25. The van der Waals surface area contributed by atoms with Crippen LogP contribution in [0, 0.1) is 5.92 Å². The Hall–Kier alpha value is -2.09. The first-order valence-electron chi connectivity index (χ1n) is 6.50. The molecule has 0 atom stereocenters. The topological polar surface area (TPSA) is 26.3 Å². The van der Waals surface area contributed by atoms with E-state index in [0.717, 1.165) is 17.1 Å². The number of ketones is 1. The largest absolute Gasteiger partial charge is 0.457 e. The molecule has 0 aliphatic heterocycles. The molecule has 0 unspecified atom stereocenters. The fourth-order valence-electron chi connectivity index (χ4n) is 1.76. The molecule has 2 rings (SSSR count). The van der Waals surface area contributed by atoms with Gasteiger partial charge < -0.3 is 4.74 Å². The number of ether oxygens (including phenoxy) is 1. The Morgan fingerprint density at radius 2 is 1.63 bits per heavy atom. The first-order chi connectivity index (χ1) is 9.16. The second-order valence-corrected chi connectivity index (χ2v) is 4.82. The van der Waals surface area contributed by atoms with E-state index in [4.69, 9.17) is 4.74 Å². The predicted molar refractivity (Wildman–Crippen MR) is 76.5 cm³/mol. The minimum absolute atomic E-state index is 0.0461. The van der Waals surface area contributed by atoms with Gasteiger partial charge in [-0.3, -0.25) is 4.79 Å². The van der Waals surface area contributed by atoms with Gasteiger partial charge in [0, 0.05) is 17.9 Å². The van der Waals surface area contributed by atoms with E-state index in [0.29, 0.717) is 6.42 Å². The van der Waals surface area contributed by atoms with Crippen molar-refractivity contribution in [1.29, 1.82) is 0 Å². The summed E-state index contributed by atoms with van der Waals surface area (Å²) >= 11 is 0. The highest BCUT2D eigenvalue weighted by Crippen LogP contribution is 2.25. The molecular formula is C17H18O2. The van der Waals surface area contributed by atoms with Gasteiger partial charge in [0.15, 0.2) is 0 Å². The molecule has 2 nitrogen and oxygen atoms in total. The van der Waals surface area contributed by atoms with Gasteiger partial charge in [-0.15, -0.1) is 0 Å². The average molecular weight is 254 g/mol. The van der Waals surface area contributed by atoms with Gasteiger partial charge in [-0.25, -0.2) is 0 Å². The standard InChI is InChI=1S/C17H18O2/c1-13(2)16(18)12-14-8-6-7-11-17(14)19-15-9-4-3-5-10-15/h3-11,13H,12H2,1-2H3. The second kappa shape index (κ2) is 6.19. The molecule has 0 fully saturated rings. The van der Waals surface area contributed by atoms with Gasteiger partial charge in [0.1, 0.15) is 17.3 Å². The molecular weight excluding hydrogens is 236 g/mol. The van der Waals surface area contributed by atoms with E-state index in [1.165, 1.54) is 0 Å². The maximum atomic E-state index is 11.9. The van der Waals surface area contributed by atoms with Crippen molar-refractivity contribution < 1.29 is 9.53 Å². The van der Waals surface area contributed by atoms with Gasteiger partial charge in [-0.05, 0) is 18.2 Å². The van der Waals surface area contributed by atoms with Crippen molar-refractivity contribution in [2.24, 2.45) is 5.92 Å². The maximum absolute atomic E-state index is 11.9. The van der Waals surface area contributed by atoms with Gasteiger partial charge >= 0.3 is 0 Å². The third kappa shape index (κ3) is 3.68. The summed E-state index contributed by atoms with van der Waals surface area (Å²) in [7, 11) is 0. The van der Waals surface area contributed by atoms with Crippen molar-refractivity contribution in [2.75, 3.05) is 0 Å². The van der Waals surface area contributed by atoms with Crippen LogP contribution in [0.3, 0.4) is 0 Å². The SMILES string of the molecule is CC(C)C(=O)Cc1ccccc1Oc1ccccc1. The van der Waals surface area contributed by atoms with E-state index < -0.39 is 0 Å². The van der Waals surface area contributed by atoms with E-state index in [2.05, 4.69) is 0 Å². The van der Waals surface area contributed by atoms with Gasteiger partial charge in [0.2, 0.25) is 0 Å². The van der Waals surface area contributed by atoms with Crippen LogP contribution in [0.5, 0.6) is 11.5 Å². The van der Waals surface area contributed by atoms with Crippen molar-refractivity contribution in [2.45, 2.75) is 20.3 Å². The number of para-hydroxylation sites is 2. The molecule has 0 amide bonds. The summed E-state index contributed by atoms with van der Waals surface area (Å²) in [5.41, 5.74) is 0.935. The highest BCUT2D eigenvalue weighted by molar-refractivity contribution is 5.83. The minimum Gasteiger partial charge on any atom is -0.457 e. The van der Waals surface area contributed by atoms with Gasteiger partial charge in [0.05, 0.1) is 0 Å². The van der Waals surface area contributed by atoms with Crippen molar-refractivity contribution >= 4 is 5.78 Å². The van der Waals surface area contributed by atoms with Crippen LogP contribution in [0.1, 0.15) is 19.4 Å². The Balaban J connectivity index is 2.19. The number of hydrogen-bond acceptors (Lipinski definition) is 2. The van der Waals surface area contributed by atoms with Crippen LogP contribution in [0.2, 0.25) is 0 Å². The lowest BCUT2D eigenvalue weighted by Gasteiger charge is -2.11. The number of hydrogen-bond donors (Lipinski definition) is 0. The van der Waals surface area contributed by atoms with Crippen LogP contribution < -0.4 is 4.74 Å². The molecule has 2 aromatic rings. The zero-order valence-corrected chi connectivity index (χ0v) is 11.3. The maximum Gasteiger partial charge on any atom is 0.139 e. The zero-order chi connectivity index (χ0) is 13.7. The van der Waals surface area contributed by atoms with Crippen LogP contribution in [0.25, 0.3) is 0 Å². The van der Waals surface area contributed by atoms with Crippen LogP contribution in [0.15, 0.2) is 54.6 Å². The molecule has 0 saturated heterocycles. The van der Waals surface area contributed by atoms with E-state index in [1.54, 1.807) is 0 Å². The number of rotatable bonds is 5. The summed E-state index contributed by atoms with van der Waals surface area (Å²) in [5.74, 6) is 1.81. The Morgan fingerprint density at radius 3 is 2.32 bits per heavy atom. The first-order valence-corrected chi connectivity index (χ1v) is 6.50.